The fourth-order valence-electron chi connectivity index (χ4n) is 3.65. The second-order valence-electron chi connectivity index (χ2n) is 6.89. The summed E-state index contributed by atoms with van der Waals surface area (Å²) in [5.74, 6) is 1.56. The summed E-state index contributed by atoms with van der Waals surface area (Å²) in [6.07, 6.45) is 1.55. The molecular weight excluding hydrogens is 358 g/mol. The topological polar surface area (TPSA) is 57.5 Å². The molecule has 0 spiro atoms. The number of nitrogens with one attached hydrogen (secondary N) is 1. The van der Waals surface area contributed by atoms with E-state index in [1.165, 1.54) is 0 Å². The van der Waals surface area contributed by atoms with Crippen LogP contribution >= 0.6 is 12.2 Å². The third-order valence-corrected chi connectivity index (χ3v) is 5.73. The molecule has 2 aliphatic heterocycles. The molecular formula is C21H21N3O2S. The summed E-state index contributed by atoms with van der Waals surface area (Å²) in [5, 5.41) is 13.9. The molecule has 2 aromatic carbocycles. The number of likely N-dealkylation sites (tertiary alicyclic amines) is 1. The van der Waals surface area contributed by atoms with Crippen LogP contribution in [0.3, 0.4) is 0 Å². The molecule has 5 nitrogen and oxygen atoms in total. The van der Waals surface area contributed by atoms with E-state index in [0.717, 1.165) is 53.7 Å². The molecule has 0 unspecified atom stereocenters. The second-order valence-corrected chi connectivity index (χ2v) is 7.28. The van der Waals surface area contributed by atoms with Gasteiger partial charge in [0.15, 0.2) is 16.6 Å². The van der Waals surface area contributed by atoms with Crippen LogP contribution in [-0.2, 0) is 12.0 Å². The van der Waals surface area contributed by atoms with E-state index in [1.54, 1.807) is 0 Å². The quantitative estimate of drug-likeness (QED) is 0.826. The molecule has 0 saturated carbocycles. The van der Waals surface area contributed by atoms with Crippen LogP contribution in [0.25, 0.3) is 0 Å². The van der Waals surface area contributed by atoms with Crippen LogP contribution in [0.1, 0.15) is 24.0 Å². The predicted molar refractivity (Wildman–Crippen MR) is 107 cm³/mol. The highest BCUT2D eigenvalue weighted by atomic mass is 32.1. The number of benzene rings is 2. The molecule has 4 rings (SSSR count). The highest BCUT2D eigenvalue weighted by Gasteiger charge is 2.36. The Bertz CT molecular complexity index is 871. The maximum atomic E-state index is 9.81. The van der Waals surface area contributed by atoms with Gasteiger partial charge in [0.25, 0.3) is 0 Å². The SMILES string of the molecule is N#CC1(c2ccccc2)CCN(C(=S)NCc2ccc3c(c2)OCO3)CC1. The monoisotopic (exact) mass is 379 g/mol. The molecule has 27 heavy (non-hydrogen) atoms. The van der Waals surface area contributed by atoms with Crippen LogP contribution < -0.4 is 14.8 Å². The van der Waals surface area contributed by atoms with Gasteiger partial charge in [-0.1, -0.05) is 36.4 Å². The lowest BCUT2D eigenvalue weighted by Crippen LogP contribution is -2.48. The fourth-order valence-corrected chi connectivity index (χ4v) is 3.91. The van der Waals surface area contributed by atoms with E-state index in [0.29, 0.717) is 6.54 Å². The normalized spacial score (nSPS) is 17.2. The van der Waals surface area contributed by atoms with Gasteiger partial charge in [-0.3, -0.25) is 0 Å². The number of hydrogen-bond donors (Lipinski definition) is 1. The Morgan fingerprint density at radius 1 is 1.11 bits per heavy atom. The molecule has 138 valence electrons. The summed E-state index contributed by atoms with van der Waals surface area (Å²) < 4.78 is 10.8. The van der Waals surface area contributed by atoms with Crippen molar-refractivity contribution in [2.75, 3.05) is 19.9 Å². The first-order chi connectivity index (χ1) is 13.2. The summed E-state index contributed by atoms with van der Waals surface area (Å²) >= 11 is 5.58. The molecule has 0 bridgehead atoms. The highest BCUT2D eigenvalue weighted by molar-refractivity contribution is 7.80. The van der Waals surface area contributed by atoms with Gasteiger partial charge in [-0.2, -0.15) is 5.26 Å². The molecule has 1 N–H and O–H groups in total. The molecule has 0 radical (unpaired) electrons. The van der Waals surface area contributed by atoms with E-state index in [4.69, 9.17) is 21.7 Å². The first-order valence-corrected chi connectivity index (χ1v) is 9.49. The van der Waals surface area contributed by atoms with E-state index >= 15 is 0 Å². The van der Waals surface area contributed by atoms with Crippen LogP contribution in [-0.4, -0.2) is 29.9 Å². The van der Waals surface area contributed by atoms with Crippen LogP contribution in [0.4, 0.5) is 0 Å². The van der Waals surface area contributed by atoms with Crippen molar-refractivity contribution in [2.45, 2.75) is 24.8 Å². The molecule has 0 atom stereocenters. The Labute approximate surface area is 164 Å². The Kier molecular flexibility index (Phi) is 4.87. The molecule has 2 aromatic rings. The van der Waals surface area contributed by atoms with Crippen molar-refractivity contribution < 1.29 is 9.47 Å². The van der Waals surface area contributed by atoms with Crippen molar-refractivity contribution in [3.8, 4) is 17.6 Å². The standard InChI is InChI=1S/C21H21N3O2S/c22-14-21(17-4-2-1-3-5-17)8-10-24(11-9-21)20(27)23-13-16-6-7-18-19(12-16)26-15-25-18/h1-7,12H,8-11,13,15H2,(H,23,27). The molecule has 2 aliphatic rings. The Balaban J connectivity index is 1.34. The number of nitrogens with zero attached hydrogens (tertiary/aromatic N) is 2. The van der Waals surface area contributed by atoms with Gasteiger partial charge in [-0.25, -0.2) is 0 Å². The van der Waals surface area contributed by atoms with Crippen molar-refractivity contribution in [3.05, 3.63) is 59.7 Å². The van der Waals surface area contributed by atoms with Gasteiger partial charge in [0, 0.05) is 19.6 Å². The minimum Gasteiger partial charge on any atom is -0.454 e. The van der Waals surface area contributed by atoms with Gasteiger partial charge >= 0.3 is 0 Å². The molecule has 1 fully saturated rings. The number of thiocarbonyl (C=S) groups is 1. The number of piperidine rings is 1. The van der Waals surface area contributed by atoms with Crippen molar-refractivity contribution in [3.63, 3.8) is 0 Å². The van der Waals surface area contributed by atoms with E-state index in [1.807, 2.05) is 36.4 Å². The van der Waals surface area contributed by atoms with Crippen LogP contribution in [0.5, 0.6) is 11.5 Å². The number of fused-ring (bicyclic) bond motifs is 1. The fraction of sp³-hybridized carbons (Fsp3) is 0.333. The molecule has 6 heteroatoms. The van der Waals surface area contributed by atoms with Crippen LogP contribution in [0.15, 0.2) is 48.5 Å². The van der Waals surface area contributed by atoms with Gasteiger partial charge in [-0.05, 0) is 48.3 Å². The summed E-state index contributed by atoms with van der Waals surface area (Å²) in [6.45, 7) is 2.46. The van der Waals surface area contributed by atoms with Crippen molar-refractivity contribution >= 4 is 17.3 Å². The minimum atomic E-state index is -0.412. The van der Waals surface area contributed by atoms with Crippen molar-refractivity contribution in [1.82, 2.24) is 10.2 Å². The maximum absolute atomic E-state index is 9.81. The lowest BCUT2D eigenvalue weighted by atomic mass is 9.74. The van der Waals surface area contributed by atoms with E-state index in [9.17, 15) is 5.26 Å². The number of rotatable bonds is 3. The van der Waals surface area contributed by atoms with Crippen LogP contribution in [0, 0.1) is 11.3 Å². The Morgan fingerprint density at radius 3 is 2.59 bits per heavy atom. The van der Waals surface area contributed by atoms with Gasteiger partial charge in [0.2, 0.25) is 6.79 Å². The van der Waals surface area contributed by atoms with Crippen molar-refractivity contribution in [2.24, 2.45) is 0 Å². The second kappa shape index (κ2) is 7.45. The molecule has 0 aliphatic carbocycles. The maximum Gasteiger partial charge on any atom is 0.231 e. The average Bonchev–Trinajstić information content (AvgIpc) is 3.20. The average molecular weight is 379 g/mol. The van der Waals surface area contributed by atoms with Gasteiger partial charge in [0.1, 0.15) is 0 Å². The zero-order valence-corrected chi connectivity index (χ0v) is 15.8. The third kappa shape index (κ3) is 3.56. The molecule has 0 aromatic heterocycles. The van der Waals surface area contributed by atoms with E-state index < -0.39 is 5.41 Å². The van der Waals surface area contributed by atoms with E-state index in [-0.39, 0.29) is 6.79 Å². The lowest BCUT2D eigenvalue weighted by Gasteiger charge is -2.38. The summed E-state index contributed by atoms with van der Waals surface area (Å²) in [6, 6.07) is 18.5. The summed E-state index contributed by atoms with van der Waals surface area (Å²) in [4.78, 5) is 2.15. The summed E-state index contributed by atoms with van der Waals surface area (Å²) in [5.41, 5.74) is 1.78. The number of ether oxygens (including phenoxy) is 2. The minimum absolute atomic E-state index is 0.278. The smallest absolute Gasteiger partial charge is 0.231 e. The first-order valence-electron chi connectivity index (χ1n) is 9.08. The van der Waals surface area contributed by atoms with Gasteiger partial charge in [-0.15, -0.1) is 0 Å². The van der Waals surface area contributed by atoms with Gasteiger partial charge < -0.3 is 19.7 Å². The van der Waals surface area contributed by atoms with Gasteiger partial charge in [0.05, 0.1) is 11.5 Å². The zero-order valence-electron chi connectivity index (χ0n) is 15.0. The molecule has 0 amide bonds. The van der Waals surface area contributed by atoms with Crippen molar-refractivity contribution in [1.29, 1.82) is 5.26 Å². The third-order valence-electron chi connectivity index (χ3n) is 5.33. The molecule has 1 saturated heterocycles. The van der Waals surface area contributed by atoms with E-state index in [2.05, 4.69) is 28.4 Å². The lowest BCUT2D eigenvalue weighted by molar-refractivity contribution is 0.174. The number of nitriles is 1. The van der Waals surface area contributed by atoms with Crippen LogP contribution in [0.2, 0.25) is 0 Å². The zero-order chi connectivity index (χ0) is 18.7. The predicted octanol–water partition coefficient (Wildman–Crippen LogP) is 3.35. The Hall–Kier alpha value is -2.78. The largest absolute Gasteiger partial charge is 0.454 e. The molecule has 2 heterocycles. The highest BCUT2D eigenvalue weighted by Crippen LogP contribution is 2.35. The number of hydrogen-bond acceptors (Lipinski definition) is 4. The first kappa shape index (κ1) is 17.6. The summed E-state index contributed by atoms with van der Waals surface area (Å²) in [7, 11) is 0. The Morgan fingerprint density at radius 2 is 1.85 bits per heavy atom.